The van der Waals surface area contributed by atoms with E-state index in [4.69, 9.17) is 16.3 Å². The monoisotopic (exact) mass is 414 g/mol. The number of fused-ring (bicyclic) bond motifs is 2. The predicted molar refractivity (Wildman–Crippen MR) is 111 cm³/mol. The predicted octanol–water partition coefficient (Wildman–Crippen LogP) is 3.48. The second kappa shape index (κ2) is 7.35. The van der Waals surface area contributed by atoms with Crippen LogP contribution in [0.1, 0.15) is 30.0 Å². The summed E-state index contributed by atoms with van der Waals surface area (Å²) in [5.41, 5.74) is 1.93. The average molecular weight is 415 g/mol. The summed E-state index contributed by atoms with van der Waals surface area (Å²) in [5.74, 6) is -0.383. The van der Waals surface area contributed by atoms with E-state index in [0.717, 1.165) is 11.3 Å². The molecule has 0 aliphatic carbocycles. The maximum Gasteiger partial charge on any atom is 0.325 e. The molecular formula is C22H23ClN2O4. The number of likely N-dealkylation sites (N-methyl/N-ethyl adjacent to an activating group) is 1. The number of methoxy groups -OCH3 is 1. The number of carbonyl (C=O) groups is 2. The van der Waals surface area contributed by atoms with Gasteiger partial charge >= 0.3 is 5.97 Å². The molecule has 6 nitrogen and oxygen atoms in total. The van der Waals surface area contributed by atoms with Crippen molar-refractivity contribution in [1.82, 2.24) is 4.90 Å². The van der Waals surface area contributed by atoms with Crippen LogP contribution in [0.4, 0.5) is 5.69 Å². The zero-order valence-electron chi connectivity index (χ0n) is 16.4. The van der Waals surface area contributed by atoms with Crippen LogP contribution in [0.3, 0.4) is 0 Å². The highest BCUT2D eigenvalue weighted by molar-refractivity contribution is 6.30. The molecular weight excluding hydrogens is 392 g/mol. The molecule has 7 heteroatoms. The number of aliphatic carboxylic acids is 1. The molecule has 1 spiro atoms. The number of nitrogens with zero attached hydrogens (tertiary/aromatic N) is 2. The number of carboxylic acids is 1. The minimum atomic E-state index is -0.961. The van der Waals surface area contributed by atoms with Gasteiger partial charge in [-0.3, -0.25) is 14.5 Å². The van der Waals surface area contributed by atoms with Gasteiger partial charge in [0.15, 0.2) is 0 Å². The summed E-state index contributed by atoms with van der Waals surface area (Å²) in [6, 6.07) is 12.0. The first-order valence-electron chi connectivity index (χ1n) is 9.57. The van der Waals surface area contributed by atoms with E-state index in [1.54, 1.807) is 30.1 Å². The molecule has 2 heterocycles. The van der Waals surface area contributed by atoms with Gasteiger partial charge in [0.05, 0.1) is 12.5 Å². The summed E-state index contributed by atoms with van der Waals surface area (Å²) in [6.07, 6.45) is 1.14. The van der Waals surface area contributed by atoms with Gasteiger partial charge in [-0.05, 0) is 42.7 Å². The number of likely N-dealkylation sites (tertiary alicyclic amines) is 1. The molecule has 2 aromatic rings. The maximum atomic E-state index is 13.1. The van der Waals surface area contributed by atoms with Gasteiger partial charge in [0.25, 0.3) is 0 Å². The molecule has 1 atom stereocenters. The molecule has 152 valence electrons. The van der Waals surface area contributed by atoms with Crippen LogP contribution in [0.25, 0.3) is 0 Å². The number of amides is 1. The molecule has 29 heavy (non-hydrogen) atoms. The van der Waals surface area contributed by atoms with Crippen molar-refractivity contribution in [2.75, 3.05) is 32.1 Å². The van der Waals surface area contributed by atoms with Gasteiger partial charge in [-0.1, -0.05) is 29.8 Å². The van der Waals surface area contributed by atoms with E-state index in [0.29, 0.717) is 42.3 Å². The normalized spacial score (nSPS) is 19.3. The van der Waals surface area contributed by atoms with Gasteiger partial charge < -0.3 is 14.7 Å². The minimum Gasteiger partial charge on any atom is -0.496 e. The molecule has 0 aromatic heterocycles. The van der Waals surface area contributed by atoms with Gasteiger partial charge in [-0.25, -0.2) is 0 Å². The van der Waals surface area contributed by atoms with Gasteiger partial charge in [0.2, 0.25) is 5.91 Å². The third-order valence-corrected chi connectivity index (χ3v) is 6.47. The van der Waals surface area contributed by atoms with Crippen molar-refractivity contribution in [3.63, 3.8) is 0 Å². The average Bonchev–Trinajstić information content (AvgIpc) is 2.92. The number of carbonyl (C=O) groups excluding carboxylic acids is 1. The van der Waals surface area contributed by atoms with Crippen LogP contribution in [-0.4, -0.2) is 49.1 Å². The molecule has 1 amide bonds. The molecule has 0 saturated carbocycles. The zero-order chi connectivity index (χ0) is 20.8. The van der Waals surface area contributed by atoms with Crippen molar-refractivity contribution < 1.29 is 19.4 Å². The van der Waals surface area contributed by atoms with E-state index < -0.39 is 17.4 Å². The molecule has 1 N–H and O–H groups in total. The molecule has 1 fully saturated rings. The summed E-state index contributed by atoms with van der Waals surface area (Å²) in [6.45, 7) is 0.973. The Balaban J connectivity index is 1.65. The largest absolute Gasteiger partial charge is 0.496 e. The minimum absolute atomic E-state index is 0.0885. The smallest absolute Gasteiger partial charge is 0.325 e. The summed E-state index contributed by atoms with van der Waals surface area (Å²) in [4.78, 5) is 28.9. The molecule has 2 aliphatic heterocycles. The molecule has 0 radical (unpaired) electrons. The fourth-order valence-electron chi connectivity index (χ4n) is 4.77. The summed E-state index contributed by atoms with van der Waals surface area (Å²) in [5, 5.41) is 10.4. The summed E-state index contributed by atoms with van der Waals surface area (Å²) < 4.78 is 5.38. The third kappa shape index (κ3) is 3.07. The Bertz CT molecular complexity index is 969. The zero-order valence-corrected chi connectivity index (χ0v) is 17.1. The van der Waals surface area contributed by atoms with Crippen molar-refractivity contribution in [3.05, 3.63) is 58.6 Å². The first kappa shape index (κ1) is 19.7. The first-order chi connectivity index (χ1) is 13.9. The number of benzene rings is 2. The lowest BCUT2D eigenvalue weighted by molar-refractivity contribution is -0.144. The summed E-state index contributed by atoms with van der Waals surface area (Å²) in [7, 11) is 3.32. The van der Waals surface area contributed by atoms with Gasteiger partial charge in [0.1, 0.15) is 11.8 Å². The van der Waals surface area contributed by atoms with Gasteiger partial charge in [0, 0.05) is 36.4 Å². The first-order valence-corrected chi connectivity index (χ1v) is 9.95. The Hall–Kier alpha value is -2.57. The van der Waals surface area contributed by atoms with Crippen LogP contribution in [0.5, 0.6) is 5.75 Å². The van der Waals surface area contributed by atoms with Crippen LogP contribution in [0, 0.1) is 0 Å². The molecule has 2 aliphatic rings. The number of ether oxygens (including phenoxy) is 1. The van der Waals surface area contributed by atoms with Crippen molar-refractivity contribution in [3.8, 4) is 5.75 Å². The lowest BCUT2D eigenvalue weighted by atomic mass is 9.73. The van der Waals surface area contributed by atoms with E-state index >= 15 is 0 Å². The number of anilines is 1. The topological polar surface area (TPSA) is 70.1 Å². The van der Waals surface area contributed by atoms with E-state index in [9.17, 15) is 14.7 Å². The number of piperidine rings is 1. The lowest BCUT2D eigenvalue weighted by Crippen LogP contribution is -2.50. The van der Waals surface area contributed by atoms with Crippen molar-refractivity contribution >= 4 is 29.2 Å². The fraction of sp³-hybridized carbons (Fsp3) is 0.364. The highest BCUT2D eigenvalue weighted by Crippen LogP contribution is 2.48. The van der Waals surface area contributed by atoms with E-state index in [2.05, 4.69) is 0 Å². The SMILES string of the molecule is COc1ccc(Cl)cc1C(C(=O)O)N1CCC2(CC1)C(=O)N(C)c1ccccc12. The molecule has 0 bridgehead atoms. The van der Waals surface area contributed by atoms with Gasteiger partial charge in [-0.2, -0.15) is 0 Å². The number of hydrogen-bond acceptors (Lipinski definition) is 4. The highest BCUT2D eigenvalue weighted by atomic mass is 35.5. The number of hydrogen-bond donors (Lipinski definition) is 1. The fourth-order valence-corrected chi connectivity index (χ4v) is 4.95. The van der Waals surface area contributed by atoms with Crippen LogP contribution in [0.15, 0.2) is 42.5 Å². The number of halogens is 1. The number of carboxylic acid groups (broad SMARTS) is 1. The standard InChI is InChI=1S/C22H23ClN2O4/c1-24-17-6-4-3-5-16(17)22(21(24)28)9-11-25(12-10-22)19(20(26)27)15-13-14(23)7-8-18(15)29-2/h3-8,13,19H,9-12H2,1-2H3,(H,26,27). The van der Waals surface area contributed by atoms with Crippen LogP contribution in [0.2, 0.25) is 5.02 Å². The Kier molecular flexibility index (Phi) is 5.00. The van der Waals surface area contributed by atoms with E-state index in [1.165, 1.54) is 7.11 Å². The van der Waals surface area contributed by atoms with E-state index in [-0.39, 0.29) is 5.91 Å². The maximum absolute atomic E-state index is 13.1. The third-order valence-electron chi connectivity index (χ3n) is 6.23. The molecule has 1 unspecified atom stereocenters. The summed E-state index contributed by atoms with van der Waals surface area (Å²) >= 11 is 6.13. The highest BCUT2D eigenvalue weighted by Gasteiger charge is 2.51. The quantitative estimate of drug-likeness (QED) is 0.829. The second-order valence-corrected chi connectivity index (χ2v) is 8.06. The van der Waals surface area contributed by atoms with Crippen LogP contribution >= 0.6 is 11.6 Å². The van der Waals surface area contributed by atoms with Gasteiger partial charge in [-0.15, -0.1) is 0 Å². The van der Waals surface area contributed by atoms with Crippen molar-refractivity contribution in [1.29, 1.82) is 0 Å². The Morgan fingerprint density at radius 1 is 1.21 bits per heavy atom. The molecule has 2 aromatic carbocycles. The van der Waals surface area contributed by atoms with Crippen LogP contribution in [-0.2, 0) is 15.0 Å². The Morgan fingerprint density at radius 2 is 1.90 bits per heavy atom. The number of rotatable bonds is 4. The van der Waals surface area contributed by atoms with Crippen LogP contribution < -0.4 is 9.64 Å². The Morgan fingerprint density at radius 3 is 2.55 bits per heavy atom. The van der Waals surface area contributed by atoms with Crippen molar-refractivity contribution in [2.45, 2.75) is 24.3 Å². The van der Waals surface area contributed by atoms with E-state index in [1.807, 2.05) is 29.2 Å². The van der Waals surface area contributed by atoms with Crippen molar-refractivity contribution in [2.24, 2.45) is 0 Å². The Labute approximate surface area is 174 Å². The number of para-hydroxylation sites is 1. The lowest BCUT2D eigenvalue weighted by Gasteiger charge is -2.41. The molecule has 4 rings (SSSR count). The molecule has 1 saturated heterocycles. The second-order valence-electron chi connectivity index (χ2n) is 7.63.